The van der Waals surface area contributed by atoms with E-state index in [0.29, 0.717) is 0 Å². The molecule has 0 saturated heterocycles. The zero-order valence-electron chi connectivity index (χ0n) is 22.8. The Morgan fingerprint density at radius 2 is 1.63 bits per heavy atom. The number of benzene rings is 4. The molecule has 0 saturated carbocycles. The van der Waals surface area contributed by atoms with Gasteiger partial charge in [-0.15, -0.1) is 0 Å². The molecule has 1 unspecified atom stereocenters. The predicted molar refractivity (Wildman–Crippen MR) is 162 cm³/mol. The third-order valence-electron chi connectivity index (χ3n) is 8.65. The topological polar surface area (TPSA) is 6.25 Å². The van der Waals surface area contributed by atoms with Crippen LogP contribution in [0.2, 0.25) is 5.02 Å². The third-order valence-corrected chi connectivity index (χ3v) is 8.89. The maximum absolute atomic E-state index is 6.38. The Bertz CT molecular complexity index is 1660. The van der Waals surface area contributed by atoms with Crippen LogP contribution in [-0.2, 0) is 17.3 Å². The first-order valence-electron chi connectivity index (χ1n) is 13.3. The first kappa shape index (κ1) is 24.7. The molecule has 0 amide bonds. The SMILES string of the molecule is CN1C(=CC=CC2=[N+](C)c3ccc(Cl)cc3C2(C)C)C(C)(Cc2ccccc2)c2c1ccc1ccccc21. The fraction of sp³-hybridized carbons (Fsp3) is 0.229. The predicted octanol–water partition coefficient (Wildman–Crippen LogP) is 8.59. The van der Waals surface area contributed by atoms with Crippen molar-refractivity contribution in [3.05, 3.63) is 131 Å². The Balaban J connectivity index is 1.47. The van der Waals surface area contributed by atoms with Gasteiger partial charge in [-0.25, -0.2) is 0 Å². The van der Waals surface area contributed by atoms with Crippen molar-refractivity contribution in [2.24, 2.45) is 0 Å². The Morgan fingerprint density at radius 3 is 2.42 bits per heavy atom. The van der Waals surface area contributed by atoms with E-state index >= 15 is 0 Å². The van der Waals surface area contributed by atoms with Gasteiger partial charge in [0.25, 0.3) is 0 Å². The highest BCUT2D eigenvalue weighted by Gasteiger charge is 2.44. The zero-order valence-corrected chi connectivity index (χ0v) is 23.6. The molecule has 2 aliphatic rings. The average Bonchev–Trinajstić information content (AvgIpc) is 3.23. The van der Waals surface area contributed by atoms with E-state index in [4.69, 9.17) is 11.6 Å². The molecular weight excluding hydrogens is 484 g/mol. The van der Waals surface area contributed by atoms with E-state index in [9.17, 15) is 0 Å². The fourth-order valence-electron chi connectivity index (χ4n) is 6.77. The molecule has 2 heterocycles. The maximum atomic E-state index is 6.38. The summed E-state index contributed by atoms with van der Waals surface area (Å²) in [6, 6.07) is 30.4. The van der Waals surface area contributed by atoms with Crippen molar-refractivity contribution < 1.29 is 4.58 Å². The Hall–Kier alpha value is -3.62. The first-order valence-corrected chi connectivity index (χ1v) is 13.7. The molecule has 0 fully saturated rings. The van der Waals surface area contributed by atoms with Gasteiger partial charge in [-0.3, -0.25) is 0 Å². The van der Waals surface area contributed by atoms with Gasteiger partial charge in [0.1, 0.15) is 7.05 Å². The second kappa shape index (κ2) is 8.99. The quantitative estimate of drug-likeness (QED) is 0.246. The number of hydrogen-bond acceptors (Lipinski definition) is 1. The standard InChI is InChI=1S/C35H34ClN2/c1-34(2)28-22-26(36)19-21-29(28)37(4)31(34)16-11-17-32-35(3,23-24-12-7-6-8-13-24)33-27-15-10-9-14-25(27)18-20-30(33)38(32)5/h6-22H,23H2,1-5H3/q+1. The Labute approximate surface area is 231 Å². The second-order valence-corrected chi connectivity index (χ2v) is 11.8. The van der Waals surface area contributed by atoms with Crippen LogP contribution in [0.3, 0.4) is 0 Å². The highest BCUT2D eigenvalue weighted by atomic mass is 35.5. The van der Waals surface area contributed by atoms with Crippen molar-refractivity contribution >= 4 is 39.5 Å². The van der Waals surface area contributed by atoms with Crippen molar-refractivity contribution in [2.75, 3.05) is 19.0 Å². The minimum atomic E-state index is -0.172. The molecule has 190 valence electrons. The summed E-state index contributed by atoms with van der Waals surface area (Å²) in [6.45, 7) is 6.97. The number of anilines is 1. The molecule has 38 heavy (non-hydrogen) atoms. The van der Waals surface area contributed by atoms with Crippen molar-refractivity contribution in [1.29, 1.82) is 0 Å². The van der Waals surface area contributed by atoms with E-state index < -0.39 is 0 Å². The summed E-state index contributed by atoms with van der Waals surface area (Å²) in [7, 11) is 4.36. The van der Waals surface area contributed by atoms with Crippen LogP contribution in [0.5, 0.6) is 0 Å². The van der Waals surface area contributed by atoms with E-state index in [0.717, 1.165) is 11.4 Å². The van der Waals surface area contributed by atoms with Gasteiger partial charge in [-0.05, 0) is 73.4 Å². The average molecular weight is 518 g/mol. The number of nitrogens with zero attached hydrogens (tertiary/aromatic N) is 2. The molecule has 6 rings (SSSR count). The van der Waals surface area contributed by atoms with Crippen LogP contribution in [-0.4, -0.2) is 24.4 Å². The molecule has 0 radical (unpaired) electrons. The number of halogens is 1. The molecule has 2 nitrogen and oxygen atoms in total. The van der Waals surface area contributed by atoms with Gasteiger partial charge >= 0.3 is 0 Å². The lowest BCUT2D eigenvalue weighted by Crippen LogP contribution is -2.29. The van der Waals surface area contributed by atoms with Crippen LogP contribution in [0.4, 0.5) is 11.4 Å². The lowest BCUT2D eigenvalue weighted by atomic mass is 9.74. The second-order valence-electron chi connectivity index (χ2n) is 11.4. The monoisotopic (exact) mass is 517 g/mol. The number of rotatable bonds is 4. The van der Waals surface area contributed by atoms with Gasteiger partial charge in [0.15, 0.2) is 5.71 Å². The van der Waals surface area contributed by atoms with Crippen LogP contribution < -0.4 is 4.90 Å². The minimum absolute atomic E-state index is 0.127. The van der Waals surface area contributed by atoms with Gasteiger partial charge in [0, 0.05) is 46.6 Å². The van der Waals surface area contributed by atoms with Gasteiger partial charge < -0.3 is 4.90 Å². The van der Waals surface area contributed by atoms with Crippen LogP contribution in [0.15, 0.2) is 109 Å². The third kappa shape index (κ3) is 3.74. The molecule has 1 atom stereocenters. The Morgan fingerprint density at radius 1 is 0.895 bits per heavy atom. The van der Waals surface area contributed by atoms with E-state index in [1.54, 1.807) is 0 Å². The molecule has 0 aromatic heterocycles. The highest BCUT2D eigenvalue weighted by molar-refractivity contribution is 6.30. The number of allylic oxidation sites excluding steroid dienone is 4. The molecule has 4 aromatic rings. The molecule has 0 bridgehead atoms. The molecule has 0 spiro atoms. The molecule has 2 aliphatic heterocycles. The summed E-state index contributed by atoms with van der Waals surface area (Å²) < 4.78 is 2.30. The van der Waals surface area contributed by atoms with Crippen LogP contribution in [0, 0.1) is 0 Å². The first-order chi connectivity index (χ1) is 18.2. The summed E-state index contributed by atoms with van der Waals surface area (Å²) in [5.74, 6) is 0. The highest BCUT2D eigenvalue weighted by Crippen LogP contribution is 2.52. The lowest BCUT2D eigenvalue weighted by molar-refractivity contribution is -0.401. The summed E-state index contributed by atoms with van der Waals surface area (Å²) in [5.41, 5.74) is 8.81. The van der Waals surface area contributed by atoms with Crippen LogP contribution in [0.25, 0.3) is 10.8 Å². The van der Waals surface area contributed by atoms with E-state index in [1.165, 1.54) is 50.2 Å². The van der Waals surface area contributed by atoms with Crippen LogP contribution >= 0.6 is 11.6 Å². The molecule has 4 aromatic carbocycles. The summed E-state index contributed by atoms with van der Waals surface area (Å²) in [5, 5.41) is 3.41. The largest absolute Gasteiger partial charge is 0.347 e. The zero-order chi connectivity index (χ0) is 26.7. The number of fused-ring (bicyclic) bond motifs is 4. The molecule has 0 N–H and O–H groups in total. The van der Waals surface area contributed by atoms with Gasteiger partial charge in [0.05, 0.1) is 5.41 Å². The summed E-state index contributed by atoms with van der Waals surface area (Å²) >= 11 is 6.38. The maximum Gasteiger partial charge on any atom is 0.209 e. The van der Waals surface area contributed by atoms with Gasteiger partial charge in [-0.1, -0.05) is 78.3 Å². The smallest absolute Gasteiger partial charge is 0.209 e. The van der Waals surface area contributed by atoms with E-state index in [2.05, 4.69) is 141 Å². The summed E-state index contributed by atoms with van der Waals surface area (Å²) in [6.07, 6.45) is 7.78. The van der Waals surface area contributed by atoms with Crippen molar-refractivity contribution in [1.82, 2.24) is 0 Å². The van der Waals surface area contributed by atoms with Gasteiger partial charge in [-0.2, -0.15) is 4.58 Å². The van der Waals surface area contributed by atoms with Crippen LogP contribution in [0.1, 0.15) is 37.5 Å². The van der Waals surface area contributed by atoms with Gasteiger partial charge in [0.2, 0.25) is 5.69 Å². The molecule has 3 heteroatoms. The lowest BCUT2D eigenvalue weighted by Gasteiger charge is -2.29. The van der Waals surface area contributed by atoms with Crippen molar-refractivity contribution in [3.8, 4) is 0 Å². The van der Waals surface area contributed by atoms with Crippen molar-refractivity contribution in [2.45, 2.75) is 38.0 Å². The minimum Gasteiger partial charge on any atom is -0.347 e. The molecular formula is C35H34ClN2+. The normalized spacial score (nSPS) is 21.1. The fourth-order valence-corrected chi connectivity index (χ4v) is 6.94. The van der Waals surface area contributed by atoms with E-state index in [1.807, 2.05) is 6.07 Å². The molecule has 0 aliphatic carbocycles. The van der Waals surface area contributed by atoms with Crippen molar-refractivity contribution in [3.63, 3.8) is 0 Å². The summed E-state index contributed by atoms with van der Waals surface area (Å²) in [4.78, 5) is 2.39. The van der Waals surface area contributed by atoms with E-state index in [-0.39, 0.29) is 10.8 Å². The number of likely N-dealkylation sites (N-methyl/N-ethyl adjacent to an activating group) is 1. The number of hydrogen-bond donors (Lipinski definition) is 0. The Kier molecular flexibility index (Phi) is 5.85.